The van der Waals surface area contributed by atoms with E-state index in [1.165, 1.54) is 0 Å². The average molecular weight is 296 g/mol. The SMILES string of the molecule is CC(C)c1cc(Br)ccc1N1CC(=O)CC1=O. The van der Waals surface area contributed by atoms with Gasteiger partial charge in [-0.25, -0.2) is 0 Å². The van der Waals surface area contributed by atoms with E-state index in [1.54, 1.807) is 4.90 Å². The Balaban J connectivity index is 2.45. The number of anilines is 1. The van der Waals surface area contributed by atoms with E-state index in [0.29, 0.717) is 5.92 Å². The molecule has 0 unspecified atom stereocenters. The topological polar surface area (TPSA) is 37.4 Å². The number of halogens is 1. The number of ketones is 1. The fraction of sp³-hybridized carbons (Fsp3) is 0.385. The van der Waals surface area contributed by atoms with Gasteiger partial charge in [-0.05, 0) is 29.7 Å². The highest BCUT2D eigenvalue weighted by Gasteiger charge is 2.30. The highest BCUT2D eigenvalue weighted by Crippen LogP contribution is 2.32. The summed E-state index contributed by atoms with van der Waals surface area (Å²) < 4.78 is 0.989. The molecule has 1 saturated heterocycles. The molecule has 2 rings (SSSR count). The van der Waals surface area contributed by atoms with Crippen molar-refractivity contribution >= 4 is 33.3 Å². The largest absolute Gasteiger partial charge is 0.304 e. The molecule has 1 fully saturated rings. The number of Topliss-reactive ketones (excluding diaryl/α,β-unsaturated/α-hetero) is 1. The summed E-state index contributed by atoms with van der Waals surface area (Å²) in [7, 11) is 0. The molecule has 17 heavy (non-hydrogen) atoms. The number of hydrogen-bond acceptors (Lipinski definition) is 2. The molecule has 0 saturated carbocycles. The highest BCUT2D eigenvalue weighted by molar-refractivity contribution is 9.10. The predicted octanol–water partition coefficient (Wildman–Crippen LogP) is 2.88. The molecule has 3 nitrogen and oxygen atoms in total. The van der Waals surface area contributed by atoms with Crippen LogP contribution in [-0.4, -0.2) is 18.2 Å². The van der Waals surface area contributed by atoms with Crippen LogP contribution in [0.2, 0.25) is 0 Å². The predicted molar refractivity (Wildman–Crippen MR) is 70.2 cm³/mol. The molecular formula is C13H14BrNO2. The van der Waals surface area contributed by atoms with E-state index >= 15 is 0 Å². The van der Waals surface area contributed by atoms with Crippen molar-refractivity contribution < 1.29 is 9.59 Å². The summed E-state index contributed by atoms with van der Waals surface area (Å²) in [5.74, 6) is 0.206. The number of hydrogen-bond donors (Lipinski definition) is 0. The maximum atomic E-state index is 11.7. The summed E-state index contributed by atoms with van der Waals surface area (Å²) >= 11 is 3.43. The van der Waals surface area contributed by atoms with Crippen molar-refractivity contribution in [2.24, 2.45) is 0 Å². The summed E-state index contributed by atoms with van der Waals surface area (Å²) in [5, 5.41) is 0. The minimum absolute atomic E-state index is 0.00683. The number of benzene rings is 1. The zero-order chi connectivity index (χ0) is 12.6. The maximum absolute atomic E-state index is 11.7. The average Bonchev–Trinajstić information content (AvgIpc) is 2.57. The first kappa shape index (κ1) is 12.3. The van der Waals surface area contributed by atoms with Crippen LogP contribution >= 0.6 is 15.9 Å². The van der Waals surface area contributed by atoms with E-state index in [4.69, 9.17) is 0 Å². The van der Waals surface area contributed by atoms with Crippen molar-refractivity contribution in [1.82, 2.24) is 0 Å². The molecule has 1 aromatic carbocycles. The van der Waals surface area contributed by atoms with E-state index in [1.807, 2.05) is 18.2 Å². The van der Waals surface area contributed by atoms with E-state index < -0.39 is 0 Å². The minimum atomic E-state index is -0.0979. The molecule has 0 bridgehead atoms. The van der Waals surface area contributed by atoms with Gasteiger partial charge in [-0.15, -0.1) is 0 Å². The summed E-state index contributed by atoms with van der Waals surface area (Å²) in [4.78, 5) is 24.6. The quantitative estimate of drug-likeness (QED) is 0.787. The monoisotopic (exact) mass is 295 g/mol. The minimum Gasteiger partial charge on any atom is -0.304 e. The van der Waals surface area contributed by atoms with Gasteiger partial charge in [0.1, 0.15) is 0 Å². The Morgan fingerprint density at radius 3 is 2.53 bits per heavy atom. The molecule has 90 valence electrons. The van der Waals surface area contributed by atoms with Gasteiger partial charge in [0.2, 0.25) is 5.91 Å². The zero-order valence-corrected chi connectivity index (χ0v) is 11.5. The maximum Gasteiger partial charge on any atom is 0.234 e. The third-order valence-corrected chi connectivity index (χ3v) is 3.38. The van der Waals surface area contributed by atoms with Gasteiger partial charge in [-0.3, -0.25) is 9.59 Å². The van der Waals surface area contributed by atoms with Crippen LogP contribution in [0.1, 0.15) is 31.7 Å². The highest BCUT2D eigenvalue weighted by atomic mass is 79.9. The first-order chi connectivity index (χ1) is 7.99. The number of amides is 1. The van der Waals surface area contributed by atoms with Crippen molar-refractivity contribution in [1.29, 1.82) is 0 Å². The molecule has 0 atom stereocenters. The summed E-state index contributed by atoms with van der Waals surface area (Å²) in [6.07, 6.45) is 0.0353. The normalized spacial score (nSPS) is 16.1. The van der Waals surface area contributed by atoms with Gasteiger partial charge in [0.05, 0.1) is 13.0 Å². The Kier molecular flexibility index (Phi) is 3.33. The Labute approximate surface area is 109 Å². The molecule has 0 radical (unpaired) electrons. The lowest BCUT2D eigenvalue weighted by Gasteiger charge is -2.21. The van der Waals surface area contributed by atoms with Crippen LogP contribution in [0, 0.1) is 0 Å². The van der Waals surface area contributed by atoms with E-state index in [9.17, 15) is 9.59 Å². The van der Waals surface area contributed by atoms with Crippen molar-refractivity contribution in [3.8, 4) is 0 Å². The van der Waals surface area contributed by atoms with Crippen LogP contribution in [0.4, 0.5) is 5.69 Å². The summed E-state index contributed by atoms with van der Waals surface area (Å²) in [6, 6.07) is 5.81. The molecule has 1 amide bonds. The lowest BCUT2D eigenvalue weighted by Crippen LogP contribution is -2.25. The van der Waals surface area contributed by atoms with Gasteiger partial charge < -0.3 is 4.90 Å². The van der Waals surface area contributed by atoms with Crippen LogP contribution in [-0.2, 0) is 9.59 Å². The molecular weight excluding hydrogens is 282 g/mol. The number of nitrogens with zero attached hydrogens (tertiary/aromatic N) is 1. The second kappa shape index (κ2) is 4.61. The Morgan fingerprint density at radius 1 is 1.29 bits per heavy atom. The summed E-state index contributed by atoms with van der Waals surface area (Å²) in [6.45, 7) is 4.36. The first-order valence-corrected chi connectivity index (χ1v) is 6.40. The van der Waals surface area contributed by atoms with E-state index in [0.717, 1.165) is 15.7 Å². The second-order valence-electron chi connectivity index (χ2n) is 4.55. The van der Waals surface area contributed by atoms with Crippen LogP contribution < -0.4 is 4.90 Å². The van der Waals surface area contributed by atoms with Gasteiger partial charge >= 0.3 is 0 Å². The molecule has 1 aliphatic rings. The zero-order valence-electron chi connectivity index (χ0n) is 9.87. The Morgan fingerprint density at radius 2 is 2.00 bits per heavy atom. The third-order valence-electron chi connectivity index (χ3n) is 2.89. The fourth-order valence-electron chi connectivity index (χ4n) is 2.04. The molecule has 0 N–H and O–H groups in total. The molecule has 4 heteroatoms. The van der Waals surface area contributed by atoms with Gasteiger partial charge in [0.25, 0.3) is 0 Å². The second-order valence-corrected chi connectivity index (χ2v) is 5.47. The van der Waals surface area contributed by atoms with Crippen LogP contribution in [0.3, 0.4) is 0 Å². The van der Waals surface area contributed by atoms with Gasteiger partial charge in [-0.2, -0.15) is 0 Å². The summed E-state index contributed by atoms with van der Waals surface area (Å²) in [5.41, 5.74) is 1.95. The van der Waals surface area contributed by atoms with E-state index in [-0.39, 0.29) is 24.7 Å². The van der Waals surface area contributed by atoms with Crippen LogP contribution in [0.5, 0.6) is 0 Å². The van der Waals surface area contributed by atoms with Crippen molar-refractivity contribution in [2.45, 2.75) is 26.2 Å². The third kappa shape index (κ3) is 2.41. The molecule has 1 aromatic rings. The van der Waals surface area contributed by atoms with Crippen LogP contribution in [0.25, 0.3) is 0 Å². The fourth-order valence-corrected chi connectivity index (χ4v) is 2.42. The number of carbonyl (C=O) groups is 2. The Bertz CT molecular complexity index is 482. The molecule has 1 aliphatic heterocycles. The Hall–Kier alpha value is -1.16. The molecule has 0 spiro atoms. The standard InChI is InChI=1S/C13H14BrNO2/c1-8(2)11-5-9(14)3-4-12(11)15-7-10(16)6-13(15)17/h3-5,8H,6-7H2,1-2H3. The number of rotatable bonds is 2. The molecule has 0 aromatic heterocycles. The molecule has 0 aliphatic carbocycles. The molecule has 1 heterocycles. The van der Waals surface area contributed by atoms with Gasteiger partial charge in [0.15, 0.2) is 5.78 Å². The smallest absolute Gasteiger partial charge is 0.234 e. The van der Waals surface area contributed by atoms with Gasteiger partial charge in [0, 0.05) is 10.2 Å². The van der Waals surface area contributed by atoms with E-state index in [2.05, 4.69) is 29.8 Å². The lowest BCUT2D eigenvalue weighted by atomic mass is 10.0. The van der Waals surface area contributed by atoms with Crippen LogP contribution in [0.15, 0.2) is 22.7 Å². The van der Waals surface area contributed by atoms with Crippen molar-refractivity contribution in [3.63, 3.8) is 0 Å². The first-order valence-electron chi connectivity index (χ1n) is 5.60. The number of carbonyl (C=O) groups excluding carboxylic acids is 2. The van der Waals surface area contributed by atoms with Crippen molar-refractivity contribution in [3.05, 3.63) is 28.2 Å². The lowest BCUT2D eigenvalue weighted by molar-refractivity contribution is -0.121. The van der Waals surface area contributed by atoms with Gasteiger partial charge in [-0.1, -0.05) is 29.8 Å². The van der Waals surface area contributed by atoms with Crippen molar-refractivity contribution in [2.75, 3.05) is 11.4 Å².